The lowest BCUT2D eigenvalue weighted by molar-refractivity contribution is 0.475. The fourth-order valence-electron chi connectivity index (χ4n) is 1.28. The summed E-state index contributed by atoms with van der Waals surface area (Å²) in [6.07, 6.45) is 0. The van der Waals surface area contributed by atoms with Crippen molar-refractivity contribution in [3.63, 3.8) is 0 Å². The average molecular weight is 149 g/mol. The van der Waals surface area contributed by atoms with Gasteiger partial charge in [0.1, 0.15) is 5.75 Å². The van der Waals surface area contributed by atoms with Gasteiger partial charge in [-0.1, -0.05) is 12.1 Å². The number of hydrogen-bond acceptors (Lipinski definition) is 2. The van der Waals surface area contributed by atoms with Crippen LogP contribution in [0.5, 0.6) is 5.75 Å². The zero-order valence-corrected chi connectivity index (χ0v) is 6.49. The molecule has 11 heavy (non-hydrogen) atoms. The van der Waals surface area contributed by atoms with Crippen LogP contribution < -0.4 is 0 Å². The third kappa shape index (κ3) is 1.21. The summed E-state index contributed by atoms with van der Waals surface area (Å²) < 4.78 is 0. The number of likely N-dealkylation sites (N-methyl/N-ethyl adjacent to an activating group) is 1. The fraction of sp³-hybridized carbons (Fsp3) is 0.333. The summed E-state index contributed by atoms with van der Waals surface area (Å²) in [5.41, 5.74) is 1.30. The second kappa shape index (κ2) is 2.24. The van der Waals surface area contributed by atoms with Crippen LogP contribution >= 0.6 is 0 Å². The van der Waals surface area contributed by atoms with Gasteiger partial charge in [-0.3, -0.25) is 4.90 Å². The maximum absolute atomic E-state index is 9.01. The highest BCUT2D eigenvalue weighted by atomic mass is 16.3. The Morgan fingerprint density at radius 1 is 1.36 bits per heavy atom. The van der Waals surface area contributed by atoms with Crippen molar-refractivity contribution in [2.24, 2.45) is 0 Å². The molecular formula is C9H11NO. The van der Waals surface area contributed by atoms with Crippen LogP contribution in [0.15, 0.2) is 24.3 Å². The van der Waals surface area contributed by atoms with Gasteiger partial charge in [-0.2, -0.15) is 0 Å². The van der Waals surface area contributed by atoms with Gasteiger partial charge in [0.15, 0.2) is 0 Å². The first-order valence-electron chi connectivity index (χ1n) is 3.76. The van der Waals surface area contributed by atoms with Crippen molar-refractivity contribution in [1.82, 2.24) is 4.90 Å². The highest BCUT2D eigenvalue weighted by Gasteiger charge is 2.30. The molecular weight excluding hydrogens is 138 g/mol. The first-order valence-corrected chi connectivity index (χ1v) is 3.76. The number of hydrogen-bond donors (Lipinski definition) is 1. The van der Waals surface area contributed by atoms with E-state index in [-0.39, 0.29) is 0 Å². The van der Waals surface area contributed by atoms with Crippen LogP contribution in [0.4, 0.5) is 0 Å². The molecule has 0 aromatic heterocycles. The lowest BCUT2D eigenvalue weighted by Crippen LogP contribution is -1.86. The van der Waals surface area contributed by atoms with Crippen LogP contribution in [0.2, 0.25) is 0 Å². The average Bonchev–Trinajstić information content (AvgIpc) is 2.69. The van der Waals surface area contributed by atoms with Crippen LogP contribution in [0, 0.1) is 0 Å². The number of rotatable bonds is 1. The molecule has 58 valence electrons. The Kier molecular flexibility index (Phi) is 1.36. The van der Waals surface area contributed by atoms with Crippen LogP contribution in [0.25, 0.3) is 0 Å². The first kappa shape index (κ1) is 6.68. The van der Waals surface area contributed by atoms with Gasteiger partial charge in [0.05, 0.1) is 0 Å². The van der Waals surface area contributed by atoms with E-state index in [1.165, 1.54) is 5.56 Å². The maximum Gasteiger partial charge on any atom is 0.115 e. The molecule has 1 saturated heterocycles. The van der Waals surface area contributed by atoms with E-state index in [4.69, 9.17) is 5.11 Å². The van der Waals surface area contributed by atoms with Gasteiger partial charge in [0.25, 0.3) is 0 Å². The van der Waals surface area contributed by atoms with Crippen molar-refractivity contribution >= 4 is 0 Å². The quantitative estimate of drug-likeness (QED) is 0.610. The van der Waals surface area contributed by atoms with Gasteiger partial charge in [0, 0.05) is 12.6 Å². The predicted molar refractivity (Wildman–Crippen MR) is 43.5 cm³/mol. The Morgan fingerprint density at radius 3 is 2.36 bits per heavy atom. The molecule has 1 aromatic rings. The van der Waals surface area contributed by atoms with Gasteiger partial charge in [-0.25, -0.2) is 0 Å². The lowest BCUT2D eigenvalue weighted by atomic mass is 10.1. The van der Waals surface area contributed by atoms with Gasteiger partial charge < -0.3 is 5.11 Å². The van der Waals surface area contributed by atoms with Gasteiger partial charge >= 0.3 is 0 Å². The molecule has 1 aromatic carbocycles. The normalized spacial score (nSPS) is 28.5. The summed E-state index contributed by atoms with van der Waals surface area (Å²) in [7, 11) is 2.09. The Labute approximate surface area is 66.1 Å². The Morgan fingerprint density at radius 2 is 1.91 bits per heavy atom. The zero-order chi connectivity index (χ0) is 7.84. The molecule has 1 fully saturated rings. The molecule has 1 aliphatic heterocycles. The van der Waals surface area contributed by atoms with Crippen molar-refractivity contribution in [3.05, 3.63) is 29.8 Å². The summed E-state index contributed by atoms with van der Waals surface area (Å²) >= 11 is 0. The molecule has 0 radical (unpaired) electrons. The molecule has 0 aliphatic carbocycles. The van der Waals surface area contributed by atoms with Crippen LogP contribution in [-0.4, -0.2) is 23.6 Å². The number of phenolic OH excluding ortho intramolecular Hbond substituents is 1. The Bertz CT molecular complexity index is 255. The maximum atomic E-state index is 9.01. The van der Waals surface area contributed by atoms with E-state index >= 15 is 0 Å². The Balaban J connectivity index is 2.21. The highest BCUT2D eigenvalue weighted by molar-refractivity contribution is 5.30. The van der Waals surface area contributed by atoms with Crippen molar-refractivity contribution < 1.29 is 5.11 Å². The van der Waals surface area contributed by atoms with Crippen LogP contribution in [0.3, 0.4) is 0 Å². The number of phenols is 1. The monoisotopic (exact) mass is 149 g/mol. The topological polar surface area (TPSA) is 23.2 Å². The molecule has 1 aliphatic rings. The largest absolute Gasteiger partial charge is 0.508 e. The van der Waals surface area contributed by atoms with E-state index in [2.05, 4.69) is 11.9 Å². The van der Waals surface area contributed by atoms with Crippen LogP contribution in [0.1, 0.15) is 11.6 Å². The highest BCUT2D eigenvalue weighted by Crippen LogP contribution is 2.32. The molecule has 0 amide bonds. The molecule has 2 nitrogen and oxygen atoms in total. The molecule has 1 heterocycles. The first-order chi connectivity index (χ1) is 5.27. The summed E-state index contributed by atoms with van der Waals surface area (Å²) in [6.45, 7) is 1.14. The minimum atomic E-state index is 0.344. The summed E-state index contributed by atoms with van der Waals surface area (Å²) in [4.78, 5) is 2.26. The Hall–Kier alpha value is -1.02. The molecule has 0 bridgehead atoms. The van der Waals surface area contributed by atoms with E-state index in [0.717, 1.165) is 6.54 Å². The minimum Gasteiger partial charge on any atom is -0.508 e. The summed E-state index contributed by atoms with van der Waals surface area (Å²) in [6, 6.07) is 8.02. The van der Waals surface area contributed by atoms with E-state index < -0.39 is 0 Å². The lowest BCUT2D eigenvalue weighted by Gasteiger charge is -1.97. The molecule has 0 spiro atoms. The van der Waals surface area contributed by atoms with Crippen molar-refractivity contribution in [3.8, 4) is 5.75 Å². The van der Waals surface area contributed by atoms with Gasteiger partial charge in [0.2, 0.25) is 0 Å². The van der Waals surface area contributed by atoms with Crippen LogP contribution in [-0.2, 0) is 0 Å². The molecule has 2 heteroatoms. The molecule has 2 unspecified atom stereocenters. The van der Waals surface area contributed by atoms with Crippen molar-refractivity contribution in [2.75, 3.05) is 13.6 Å². The molecule has 0 saturated carbocycles. The van der Waals surface area contributed by atoms with E-state index in [0.29, 0.717) is 11.8 Å². The van der Waals surface area contributed by atoms with Crippen molar-refractivity contribution in [1.29, 1.82) is 0 Å². The number of aromatic hydroxyl groups is 1. The third-order valence-corrected chi connectivity index (χ3v) is 2.14. The summed E-state index contributed by atoms with van der Waals surface area (Å²) in [5, 5.41) is 9.01. The second-order valence-electron chi connectivity index (χ2n) is 3.05. The second-order valence-corrected chi connectivity index (χ2v) is 3.05. The minimum absolute atomic E-state index is 0.344. The van der Waals surface area contributed by atoms with Crippen molar-refractivity contribution in [2.45, 2.75) is 6.04 Å². The third-order valence-electron chi connectivity index (χ3n) is 2.14. The zero-order valence-electron chi connectivity index (χ0n) is 6.49. The predicted octanol–water partition coefficient (Wildman–Crippen LogP) is 1.38. The molecule has 1 N–H and O–H groups in total. The van der Waals surface area contributed by atoms with E-state index in [1.807, 2.05) is 12.1 Å². The smallest absolute Gasteiger partial charge is 0.115 e. The molecule has 2 atom stereocenters. The number of nitrogens with zero attached hydrogens (tertiary/aromatic N) is 1. The van der Waals surface area contributed by atoms with Gasteiger partial charge in [-0.05, 0) is 24.7 Å². The fourth-order valence-corrected chi connectivity index (χ4v) is 1.28. The standard InChI is InChI=1S/C9H11NO/c1-10-6-9(10)7-2-4-8(11)5-3-7/h2-5,9,11H,6H2,1H3. The molecule has 2 rings (SSSR count). The SMILES string of the molecule is CN1CC1c1ccc(O)cc1. The van der Waals surface area contributed by atoms with Gasteiger partial charge in [-0.15, -0.1) is 0 Å². The van der Waals surface area contributed by atoms with E-state index in [9.17, 15) is 0 Å². The number of benzene rings is 1. The van der Waals surface area contributed by atoms with E-state index in [1.54, 1.807) is 12.1 Å². The summed E-state index contributed by atoms with van der Waals surface area (Å²) in [5.74, 6) is 0.344.